The molecule has 0 nitrogen and oxygen atoms in total. The summed E-state index contributed by atoms with van der Waals surface area (Å²) in [5.41, 5.74) is 1.87. The molecule has 1 unspecified atom stereocenters. The van der Waals surface area contributed by atoms with Crippen LogP contribution in [0.15, 0.2) is 11.6 Å². The van der Waals surface area contributed by atoms with Crippen molar-refractivity contribution in [2.75, 3.05) is 0 Å². The van der Waals surface area contributed by atoms with Crippen molar-refractivity contribution in [3.05, 3.63) is 18.1 Å². The summed E-state index contributed by atoms with van der Waals surface area (Å²) in [5, 5.41) is 0. The van der Waals surface area contributed by atoms with Crippen molar-refractivity contribution in [2.24, 2.45) is 11.3 Å². The Balaban J connectivity index is 2.76. The van der Waals surface area contributed by atoms with E-state index >= 15 is 0 Å². The molecule has 1 aliphatic rings. The van der Waals surface area contributed by atoms with E-state index in [1.165, 1.54) is 5.57 Å². The lowest BCUT2D eigenvalue weighted by Gasteiger charge is -2.19. The quantitative estimate of drug-likeness (QED) is 0.434. The lowest BCUT2D eigenvalue weighted by atomic mass is 9.86. The van der Waals surface area contributed by atoms with Crippen molar-refractivity contribution in [1.29, 1.82) is 0 Å². The van der Waals surface area contributed by atoms with Crippen LogP contribution in [0, 0.1) is 17.8 Å². The lowest BCUT2D eigenvalue weighted by Crippen LogP contribution is -2.09. The first kappa shape index (κ1) is 6.85. The van der Waals surface area contributed by atoms with Crippen LogP contribution in [0.25, 0.3) is 0 Å². The van der Waals surface area contributed by atoms with Gasteiger partial charge in [-0.3, -0.25) is 0 Å². The van der Waals surface area contributed by atoms with Gasteiger partial charge in [0.1, 0.15) is 0 Å². The molecule has 0 aromatic rings. The first-order chi connectivity index (χ1) is 4.02. The minimum absolute atomic E-state index is 0.361. The lowest BCUT2D eigenvalue weighted by molar-refractivity contribution is 0.523. The number of hydrogen-bond acceptors (Lipinski definition) is 0. The summed E-state index contributed by atoms with van der Waals surface area (Å²) in [6.45, 7) is 8.98. The van der Waals surface area contributed by atoms with Crippen LogP contribution in [0.5, 0.6) is 0 Å². The maximum absolute atomic E-state index is 2.39. The fraction of sp³-hybridized carbons (Fsp3) is 0.667. The topological polar surface area (TPSA) is 0 Å². The predicted octanol–water partition coefficient (Wildman–Crippen LogP) is 2.81. The average Bonchev–Trinajstić information content (AvgIpc) is 1.79. The molecule has 0 bridgehead atoms. The van der Waals surface area contributed by atoms with Gasteiger partial charge in [0.05, 0.1) is 0 Å². The first-order valence-corrected chi connectivity index (χ1v) is 3.57. The first-order valence-electron chi connectivity index (χ1n) is 3.57. The second-order valence-corrected chi connectivity index (χ2v) is 3.60. The number of allylic oxidation sites excluding steroid dienone is 2. The molecule has 0 aromatic heterocycles. The van der Waals surface area contributed by atoms with Gasteiger partial charge in [0.2, 0.25) is 0 Å². The molecule has 0 fully saturated rings. The molecule has 1 radical (unpaired) electrons. The van der Waals surface area contributed by atoms with Gasteiger partial charge in [-0.15, -0.1) is 0 Å². The highest BCUT2D eigenvalue weighted by Crippen LogP contribution is 2.39. The fourth-order valence-corrected chi connectivity index (χ4v) is 1.45. The van der Waals surface area contributed by atoms with E-state index in [-0.39, 0.29) is 0 Å². The summed E-state index contributed by atoms with van der Waals surface area (Å²) >= 11 is 0. The van der Waals surface area contributed by atoms with Crippen molar-refractivity contribution in [1.82, 2.24) is 0 Å². The number of hydrogen-bond donors (Lipinski definition) is 0. The van der Waals surface area contributed by atoms with Gasteiger partial charge in [0.15, 0.2) is 0 Å². The van der Waals surface area contributed by atoms with Gasteiger partial charge in [-0.25, -0.2) is 0 Å². The Hall–Kier alpha value is -0.260. The molecule has 9 heavy (non-hydrogen) atoms. The zero-order valence-corrected chi connectivity index (χ0v) is 6.73. The summed E-state index contributed by atoms with van der Waals surface area (Å²) < 4.78 is 0. The van der Waals surface area contributed by atoms with Crippen LogP contribution >= 0.6 is 0 Å². The highest BCUT2D eigenvalue weighted by atomic mass is 14.3. The van der Waals surface area contributed by atoms with Gasteiger partial charge in [-0.05, 0) is 24.7 Å². The molecule has 0 saturated carbocycles. The molecule has 0 saturated heterocycles. The van der Waals surface area contributed by atoms with E-state index in [1.54, 1.807) is 0 Å². The zero-order chi connectivity index (χ0) is 7.07. The maximum atomic E-state index is 2.39. The second-order valence-electron chi connectivity index (χ2n) is 3.60. The van der Waals surface area contributed by atoms with E-state index in [1.807, 2.05) is 0 Å². The third-order valence-electron chi connectivity index (χ3n) is 2.21. The van der Waals surface area contributed by atoms with Crippen LogP contribution in [-0.2, 0) is 0 Å². The van der Waals surface area contributed by atoms with Gasteiger partial charge in [-0.1, -0.05) is 32.4 Å². The summed E-state index contributed by atoms with van der Waals surface area (Å²) in [7, 11) is 0. The third kappa shape index (κ3) is 1.17. The smallest absolute Gasteiger partial charge is 0.0110 e. The van der Waals surface area contributed by atoms with Gasteiger partial charge >= 0.3 is 0 Å². The molecular weight excluding hydrogens is 108 g/mol. The largest absolute Gasteiger partial charge is 0.0819 e. The predicted molar refractivity (Wildman–Crippen MR) is 41.0 cm³/mol. The van der Waals surface area contributed by atoms with Gasteiger partial charge in [-0.2, -0.15) is 0 Å². The molecule has 0 N–H and O–H groups in total. The Morgan fingerprint density at radius 2 is 2.00 bits per heavy atom. The van der Waals surface area contributed by atoms with Crippen LogP contribution in [0.2, 0.25) is 0 Å². The Morgan fingerprint density at radius 3 is 2.11 bits per heavy atom. The summed E-state index contributed by atoms with van der Waals surface area (Å²) in [6, 6.07) is 0. The summed E-state index contributed by atoms with van der Waals surface area (Å²) in [6.07, 6.45) is 4.72. The van der Waals surface area contributed by atoms with E-state index in [0.717, 1.165) is 0 Å². The van der Waals surface area contributed by atoms with Crippen molar-refractivity contribution in [3.63, 3.8) is 0 Å². The van der Waals surface area contributed by atoms with Crippen LogP contribution in [0.1, 0.15) is 27.7 Å². The Labute approximate surface area is 58.0 Å². The molecule has 0 spiro atoms. The Kier molecular flexibility index (Phi) is 1.42. The minimum atomic E-state index is 0.361. The van der Waals surface area contributed by atoms with E-state index < -0.39 is 0 Å². The molecule has 0 heteroatoms. The van der Waals surface area contributed by atoms with Crippen LogP contribution in [0.4, 0.5) is 0 Å². The van der Waals surface area contributed by atoms with Gasteiger partial charge in [0, 0.05) is 0 Å². The van der Waals surface area contributed by atoms with Crippen LogP contribution in [0.3, 0.4) is 0 Å². The SMILES string of the molecule is CC1=CC(C)[CH]C1(C)C. The molecule has 1 aliphatic carbocycles. The monoisotopic (exact) mass is 123 g/mol. The Bertz CT molecular complexity index is 140. The van der Waals surface area contributed by atoms with Crippen molar-refractivity contribution in [3.8, 4) is 0 Å². The van der Waals surface area contributed by atoms with Gasteiger partial charge < -0.3 is 0 Å². The molecule has 0 aliphatic heterocycles. The fourth-order valence-electron chi connectivity index (χ4n) is 1.45. The minimum Gasteiger partial charge on any atom is -0.0819 e. The van der Waals surface area contributed by atoms with E-state index in [0.29, 0.717) is 11.3 Å². The van der Waals surface area contributed by atoms with E-state index in [9.17, 15) is 0 Å². The van der Waals surface area contributed by atoms with Crippen LogP contribution in [-0.4, -0.2) is 0 Å². The molecule has 0 amide bonds. The van der Waals surface area contributed by atoms with Crippen LogP contribution < -0.4 is 0 Å². The molecule has 1 atom stereocenters. The second kappa shape index (κ2) is 1.86. The van der Waals surface area contributed by atoms with E-state index in [2.05, 4.69) is 40.2 Å². The zero-order valence-electron chi connectivity index (χ0n) is 6.73. The summed E-state index contributed by atoms with van der Waals surface area (Å²) in [4.78, 5) is 0. The van der Waals surface area contributed by atoms with Crippen molar-refractivity contribution >= 4 is 0 Å². The molecule has 1 rings (SSSR count). The van der Waals surface area contributed by atoms with Gasteiger partial charge in [0.25, 0.3) is 0 Å². The summed E-state index contributed by atoms with van der Waals surface area (Å²) in [5.74, 6) is 0.681. The highest BCUT2D eigenvalue weighted by molar-refractivity contribution is 5.24. The van der Waals surface area contributed by atoms with Crippen molar-refractivity contribution in [2.45, 2.75) is 27.7 Å². The third-order valence-corrected chi connectivity index (χ3v) is 2.21. The molecular formula is C9H15. The molecule has 0 aromatic carbocycles. The number of rotatable bonds is 0. The van der Waals surface area contributed by atoms with Crippen molar-refractivity contribution < 1.29 is 0 Å². The highest BCUT2D eigenvalue weighted by Gasteiger charge is 2.27. The standard InChI is InChI=1S/C9H15/c1-7-5-8(2)9(3,4)6-7/h5-7H,1-4H3. The van der Waals surface area contributed by atoms with E-state index in [4.69, 9.17) is 0 Å². The molecule has 0 heterocycles. The average molecular weight is 123 g/mol. The Morgan fingerprint density at radius 1 is 1.44 bits per heavy atom. The normalized spacial score (nSPS) is 32.4. The molecule has 51 valence electrons. The maximum Gasteiger partial charge on any atom is -0.0110 e.